The van der Waals surface area contributed by atoms with Gasteiger partial charge in [0.2, 0.25) is 0 Å². The number of hydrogen-bond acceptors (Lipinski definition) is 1. The fourth-order valence-electron chi connectivity index (χ4n) is 2.06. The minimum absolute atomic E-state index is 0.177. The predicted molar refractivity (Wildman–Crippen MR) is 65.0 cm³/mol. The highest BCUT2D eigenvalue weighted by molar-refractivity contribution is 5.84. The topological polar surface area (TPSA) is 17.0 Å². The Bertz CT molecular complexity index is 502. The fourth-order valence-corrected chi connectivity index (χ4v) is 2.06. The van der Waals surface area contributed by atoms with Crippen LogP contribution in [0.5, 0.6) is 0 Å². The van der Waals surface area contributed by atoms with Crippen molar-refractivity contribution in [1.29, 1.82) is 0 Å². The Morgan fingerprint density at radius 2 is 2.19 bits per heavy atom. The Morgan fingerprint density at radius 3 is 2.81 bits per heavy atom. The smallest absolute Gasteiger partial charge is 0.125 e. The zero-order valence-corrected chi connectivity index (χ0v) is 9.92. The minimum atomic E-state index is -0.177. The van der Waals surface area contributed by atoms with Crippen molar-refractivity contribution >= 4 is 10.9 Å². The molecule has 0 saturated heterocycles. The molecule has 0 aliphatic carbocycles. The van der Waals surface area contributed by atoms with Crippen molar-refractivity contribution in [3.8, 4) is 0 Å². The number of hydrogen-bond donors (Lipinski definition) is 1. The minimum Gasteiger partial charge on any atom is -0.347 e. The molecular formula is C13H17FN2. The normalized spacial score (nSPS) is 13.2. The van der Waals surface area contributed by atoms with Crippen LogP contribution in [0.4, 0.5) is 4.39 Å². The van der Waals surface area contributed by atoms with E-state index in [2.05, 4.69) is 29.9 Å². The lowest BCUT2D eigenvalue weighted by Gasteiger charge is -2.08. The SMILES string of the molecule is CCn1cc(C(C)NC)c2ccc(F)cc21. The summed E-state index contributed by atoms with van der Waals surface area (Å²) in [5.41, 5.74) is 2.19. The van der Waals surface area contributed by atoms with Gasteiger partial charge in [-0.1, -0.05) is 0 Å². The molecule has 1 heterocycles. The Morgan fingerprint density at radius 1 is 1.44 bits per heavy atom. The van der Waals surface area contributed by atoms with Gasteiger partial charge in [-0.2, -0.15) is 0 Å². The molecule has 0 aliphatic heterocycles. The average Bonchev–Trinajstić information content (AvgIpc) is 2.66. The van der Waals surface area contributed by atoms with Crippen LogP contribution < -0.4 is 5.32 Å². The van der Waals surface area contributed by atoms with Crippen LogP contribution in [0.1, 0.15) is 25.5 Å². The Balaban J connectivity index is 2.67. The lowest BCUT2D eigenvalue weighted by molar-refractivity contribution is 0.628. The molecule has 2 aromatic rings. The Kier molecular flexibility index (Phi) is 2.97. The fraction of sp³-hybridized carbons (Fsp3) is 0.385. The van der Waals surface area contributed by atoms with Crippen molar-refractivity contribution in [2.75, 3.05) is 7.05 Å². The molecule has 1 unspecified atom stereocenters. The molecule has 0 spiro atoms. The van der Waals surface area contributed by atoms with Crippen LogP contribution in [0.15, 0.2) is 24.4 Å². The predicted octanol–water partition coefficient (Wildman–Crippen LogP) is 3.08. The third-order valence-electron chi connectivity index (χ3n) is 3.12. The van der Waals surface area contributed by atoms with E-state index in [-0.39, 0.29) is 11.9 Å². The van der Waals surface area contributed by atoms with E-state index in [1.54, 1.807) is 6.07 Å². The van der Waals surface area contributed by atoms with E-state index in [4.69, 9.17) is 0 Å². The van der Waals surface area contributed by atoms with Gasteiger partial charge in [0, 0.05) is 24.2 Å². The van der Waals surface area contributed by atoms with Gasteiger partial charge in [0.15, 0.2) is 0 Å². The van der Waals surface area contributed by atoms with Crippen LogP contribution in [0.25, 0.3) is 10.9 Å². The van der Waals surface area contributed by atoms with Crippen molar-refractivity contribution in [3.05, 3.63) is 35.8 Å². The summed E-state index contributed by atoms with van der Waals surface area (Å²) in [5, 5.41) is 4.35. The molecule has 1 atom stereocenters. The third-order valence-corrected chi connectivity index (χ3v) is 3.12. The van der Waals surface area contributed by atoms with E-state index in [1.165, 1.54) is 11.6 Å². The molecular weight excluding hydrogens is 203 g/mol. The molecule has 2 nitrogen and oxygen atoms in total. The average molecular weight is 220 g/mol. The second-order valence-corrected chi connectivity index (χ2v) is 4.04. The highest BCUT2D eigenvalue weighted by atomic mass is 19.1. The zero-order valence-electron chi connectivity index (χ0n) is 9.92. The summed E-state index contributed by atoms with van der Waals surface area (Å²) in [6.07, 6.45) is 2.10. The second-order valence-electron chi connectivity index (χ2n) is 4.04. The maximum atomic E-state index is 13.2. The molecule has 2 rings (SSSR count). The molecule has 1 aromatic carbocycles. The molecule has 1 N–H and O–H groups in total. The molecule has 16 heavy (non-hydrogen) atoms. The number of nitrogens with one attached hydrogen (secondary N) is 1. The lowest BCUT2D eigenvalue weighted by atomic mass is 10.1. The summed E-state index contributed by atoms with van der Waals surface area (Å²) in [6.45, 7) is 5.03. The van der Waals surface area contributed by atoms with Crippen LogP contribution >= 0.6 is 0 Å². The number of rotatable bonds is 3. The quantitative estimate of drug-likeness (QED) is 0.841. The summed E-state index contributed by atoms with van der Waals surface area (Å²) < 4.78 is 15.3. The first-order chi connectivity index (χ1) is 7.67. The maximum Gasteiger partial charge on any atom is 0.125 e. The molecule has 0 amide bonds. The van der Waals surface area contributed by atoms with E-state index >= 15 is 0 Å². The standard InChI is InChI=1S/C13H17FN2/c1-4-16-8-12(9(2)15-3)11-6-5-10(14)7-13(11)16/h5-9,15H,4H2,1-3H3. The van der Waals surface area contributed by atoms with Gasteiger partial charge < -0.3 is 9.88 Å². The van der Waals surface area contributed by atoms with Crippen LogP contribution in [-0.2, 0) is 6.54 Å². The molecule has 0 saturated carbocycles. The summed E-state index contributed by atoms with van der Waals surface area (Å²) in [4.78, 5) is 0. The first-order valence-electron chi connectivity index (χ1n) is 5.63. The largest absolute Gasteiger partial charge is 0.347 e. The van der Waals surface area contributed by atoms with Crippen LogP contribution in [-0.4, -0.2) is 11.6 Å². The summed E-state index contributed by atoms with van der Waals surface area (Å²) in [6, 6.07) is 5.26. The Hall–Kier alpha value is -1.35. The van der Waals surface area contributed by atoms with Crippen molar-refractivity contribution in [1.82, 2.24) is 9.88 Å². The Labute approximate surface area is 95.1 Å². The summed E-state index contributed by atoms with van der Waals surface area (Å²) >= 11 is 0. The zero-order chi connectivity index (χ0) is 11.7. The maximum absolute atomic E-state index is 13.2. The van der Waals surface area contributed by atoms with Gasteiger partial charge in [-0.25, -0.2) is 4.39 Å². The van der Waals surface area contributed by atoms with Gasteiger partial charge in [0.25, 0.3) is 0 Å². The monoisotopic (exact) mass is 220 g/mol. The summed E-state index contributed by atoms with van der Waals surface area (Å²) in [7, 11) is 1.93. The van der Waals surface area contributed by atoms with E-state index in [0.29, 0.717) is 0 Å². The molecule has 0 fully saturated rings. The molecule has 86 valence electrons. The number of nitrogens with zero attached hydrogens (tertiary/aromatic N) is 1. The van der Waals surface area contributed by atoms with Gasteiger partial charge in [0.1, 0.15) is 5.82 Å². The first kappa shape index (κ1) is 11.1. The van der Waals surface area contributed by atoms with E-state index < -0.39 is 0 Å². The highest BCUT2D eigenvalue weighted by Gasteiger charge is 2.12. The lowest BCUT2D eigenvalue weighted by Crippen LogP contribution is -2.11. The molecule has 1 aromatic heterocycles. The van der Waals surface area contributed by atoms with Crippen LogP contribution in [0.3, 0.4) is 0 Å². The van der Waals surface area contributed by atoms with Crippen molar-refractivity contribution in [2.24, 2.45) is 0 Å². The molecule has 0 radical (unpaired) electrons. The van der Waals surface area contributed by atoms with E-state index in [9.17, 15) is 4.39 Å². The van der Waals surface area contributed by atoms with Crippen LogP contribution in [0.2, 0.25) is 0 Å². The summed E-state index contributed by atoms with van der Waals surface area (Å²) in [5.74, 6) is -0.177. The number of halogens is 1. The third kappa shape index (κ3) is 1.71. The number of fused-ring (bicyclic) bond motifs is 1. The first-order valence-corrected chi connectivity index (χ1v) is 5.63. The van der Waals surface area contributed by atoms with Gasteiger partial charge in [0.05, 0.1) is 5.52 Å². The number of aryl methyl sites for hydroxylation is 1. The van der Waals surface area contributed by atoms with Gasteiger partial charge in [-0.3, -0.25) is 0 Å². The highest BCUT2D eigenvalue weighted by Crippen LogP contribution is 2.26. The van der Waals surface area contributed by atoms with Gasteiger partial charge >= 0.3 is 0 Å². The van der Waals surface area contributed by atoms with Gasteiger partial charge in [-0.05, 0) is 44.7 Å². The molecule has 3 heteroatoms. The van der Waals surface area contributed by atoms with Crippen molar-refractivity contribution in [3.63, 3.8) is 0 Å². The van der Waals surface area contributed by atoms with Gasteiger partial charge in [-0.15, -0.1) is 0 Å². The van der Waals surface area contributed by atoms with E-state index in [0.717, 1.165) is 17.4 Å². The molecule has 0 bridgehead atoms. The van der Waals surface area contributed by atoms with Crippen molar-refractivity contribution in [2.45, 2.75) is 26.4 Å². The number of benzene rings is 1. The van der Waals surface area contributed by atoms with Crippen LogP contribution in [0, 0.1) is 5.82 Å². The molecule has 0 aliphatic rings. The number of aromatic nitrogens is 1. The van der Waals surface area contributed by atoms with Crippen molar-refractivity contribution < 1.29 is 4.39 Å². The second kappa shape index (κ2) is 4.26. The van der Waals surface area contributed by atoms with E-state index in [1.807, 2.05) is 13.1 Å².